The summed E-state index contributed by atoms with van der Waals surface area (Å²) in [4.78, 5) is 23.2. The number of amides is 2. The third-order valence-corrected chi connectivity index (χ3v) is 4.74. The highest BCUT2D eigenvalue weighted by Crippen LogP contribution is 2.32. The summed E-state index contributed by atoms with van der Waals surface area (Å²) in [6.07, 6.45) is -3.88. The van der Waals surface area contributed by atoms with E-state index in [-0.39, 0.29) is 16.9 Å². The standard InChI is InChI=1S/C17H16F3N3O4S/c1-28(26,27)23(14-4-2-3-12(9-14)17(18,19)20)10-15(24)22-13-7-5-11(6-8-13)16(21)25/h2-9H,10H2,1H3,(H2,21,25)(H,22,24). The van der Waals surface area contributed by atoms with Crippen molar-refractivity contribution in [1.29, 1.82) is 0 Å². The first-order valence-corrected chi connectivity index (χ1v) is 9.57. The summed E-state index contributed by atoms with van der Waals surface area (Å²) in [5, 5.41) is 2.41. The maximum Gasteiger partial charge on any atom is 0.416 e. The molecule has 28 heavy (non-hydrogen) atoms. The average Bonchev–Trinajstić information content (AvgIpc) is 2.58. The number of carbonyl (C=O) groups excluding carboxylic acids is 2. The van der Waals surface area contributed by atoms with Crippen LogP contribution in [-0.4, -0.2) is 33.0 Å². The van der Waals surface area contributed by atoms with Crippen LogP contribution in [0.25, 0.3) is 0 Å². The third kappa shape index (κ3) is 5.46. The maximum absolute atomic E-state index is 12.9. The molecular weight excluding hydrogens is 399 g/mol. The van der Waals surface area contributed by atoms with Gasteiger partial charge in [-0.2, -0.15) is 13.2 Å². The number of nitrogens with one attached hydrogen (secondary N) is 1. The summed E-state index contributed by atoms with van der Waals surface area (Å²) in [6.45, 7) is -0.738. The van der Waals surface area contributed by atoms with E-state index >= 15 is 0 Å². The summed E-state index contributed by atoms with van der Waals surface area (Å²) in [7, 11) is -4.04. The minimum atomic E-state index is -4.66. The first-order valence-electron chi connectivity index (χ1n) is 7.72. The number of hydrogen-bond donors (Lipinski definition) is 2. The first kappa shape index (κ1) is 21.2. The Bertz CT molecular complexity index is 989. The van der Waals surface area contributed by atoms with Crippen molar-refractivity contribution >= 4 is 33.2 Å². The molecule has 0 saturated heterocycles. The molecule has 150 valence electrons. The summed E-state index contributed by atoms with van der Waals surface area (Å²) in [5.74, 6) is -1.44. The second kappa shape index (κ2) is 7.89. The molecule has 0 bridgehead atoms. The minimum Gasteiger partial charge on any atom is -0.366 e. The van der Waals surface area contributed by atoms with E-state index < -0.39 is 40.1 Å². The predicted octanol–water partition coefficient (Wildman–Crippen LogP) is 2.21. The van der Waals surface area contributed by atoms with Crippen LogP contribution in [0.4, 0.5) is 24.5 Å². The molecule has 3 N–H and O–H groups in total. The van der Waals surface area contributed by atoms with Gasteiger partial charge in [-0.05, 0) is 42.5 Å². The lowest BCUT2D eigenvalue weighted by Gasteiger charge is -2.22. The monoisotopic (exact) mass is 415 g/mol. The van der Waals surface area contributed by atoms with Crippen molar-refractivity contribution in [2.45, 2.75) is 6.18 Å². The SMILES string of the molecule is CS(=O)(=O)N(CC(=O)Nc1ccc(C(N)=O)cc1)c1cccc(C(F)(F)F)c1. The molecule has 2 aromatic carbocycles. The zero-order valence-electron chi connectivity index (χ0n) is 14.5. The van der Waals surface area contributed by atoms with Gasteiger partial charge in [0.05, 0.1) is 17.5 Å². The van der Waals surface area contributed by atoms with Gasteiger partial charge in [-0.3, -0.25) is 13.9 Å². The van der Waals surface area contributed by atoms with Crippen LogP contribution >= 0.6 is 0 Å². The molecule has 0 heterocycles. The van der Waals surface area contributed by atoms with Crippen molar-refractivity contribution < 1.29 is 31.2 Å². The smallest absolute Gasteiger partial charge is 0.366 e. The highest BCUT2D eigenvalue weighted by Gasteiger charge is 2.32. The van der Waals surface area contributed by atoms with Crippen LogP contribution in [0.5, 0.6) is 0 Å². The van der Waals surface area contributed by atoms with Crippen molar-refractivity contribution in [2.24, 2.45) is 5.73 Å². The van der Waals surface area contributed by atoms with Gasteiger partial charge in [0.2, 0.25) is 21.8 Å². The fraction of sp³-hybridized carbons (Fsp3) is 0.176. The Morgan fingerprint density at radius 1 is 1.11 bits per heavy atom. The van der Waals surface area contributed by atoms with Crippen molar-refractivity contribution in [1.82, 2.24) is 0 Å². The Kier molecular flexibility index (Phi) is 5.98. The van der Waals surface area contributed by atoms with Crippen molar-refractivity contribution in [3.8, 4) is 0 Å². The molecule has 0 atom stereocenters. The molecule has 0 fully saturated rings. The quantitative estimate of drug-likeness (QED) is 0.754. The number of halogens is 3. The number of sulfonamides is 1. The number of nitrogens with two attached hydrogens (primary N) is 1. The molecule has 2 amide bonds. The highest BCUT2D eigenvalue weighted by atomic mass is 32.2. The second-order valence-corrected chi connectivity index (χ2v) is 7.71. The van der Waals surface area contributed by atoms with E-state index in [9.17, 15) is 31.2 Å². The van der Waals surface area contributed by atoms with E-state index in [2.05, 4.69) is 5.32 Å². The maximum atomic E-state index is 12.9. The highest BCUT2D eigenvalue weighted by molar-refractivity contribution is 7.92. The van der Waals surface area contributed by atoms with Gasteiger partial charge in [0, 0.05) is 11.3 Å². The number of nitrogens with zero attached hydrogens (tertiary/aromatic N) is 1. The van der Waals surface area contributed by atoms with Gasteiger partial charge in [0.25, 0.3) is 0 Å². The molecule has 0 aliphatic rings. The van der Waals surface area contributed by atoms with Gasteiger partial charge >= 0.3 is 6.18 Å². The third-order valence-electron chi connectivity index (χ3n) is 3.60. The van der Waals surface area contributed by atoms with E-state index in [0.29, 0.717) is 10.4 Å². The Morgan fingerprint density at radius 2 is 1.71 bits per heavy atom. The molecule has 0 aliphatic heterocycles. The number of primary amides is 1. The molecular formula is C17H16F3N3O4S. The molecule has 0 unspecified atom stereocenters. The Labute approximate surface area is 159 Å². The molecule has 2 rings (SSSR count). The molecule has 2 aromatic rings. The number of anilines is 2. The first-order chi connectivity index (χ1) is 12.9. The Morgan fingerprint density at radius 3 is 2.21 bits per heavy atom. The summed E-state index contributed by atoms with van der Waals surface area (Å²) < 4.78 is 63.3. The molecule has 0 radical (unpaired) electrons. The van der Waals surface area contributed by atoms with E-state index in [1.807, 2.05) is 0 Å². The van der Waals surface area contributed by atoms with Gasteiger partial charge in [-0.1, -0.05) is 6.07 Å². The van der Waals surface area contributed by atoms with E-state index in [1.54, 1.807) is 0 Å². The number of carbonyl (C=O) groups is 2. The Balaban J connectivity index is 2.23. The molecule has 7 nitrogen and oxygen atoms in total. The van der Waals surface area contributed by atoms with Crippen LogP contribution < -0.4 is 15.4 Å². The lowest BCUT2D eigenvalue weighted by Crippen LogP contribution is -2.37. The molecule has 11 heteroatoms. The van der Waals surface area contributed by atoms with Gasteiger partial charge in [0.15, 0.2) is 0 Å². The van der Waals surface area contributed by atoms with Crippen LogP contribution in [0.1, 0.15) is 15.9 Å². The average molecular weight is 415 g/mol. The molecule has 0 aliphatic carbocycles. The van der Waals surface area contributed by atoms with Crippen molar-refractivity contribution in [3.63, 3.8) is 0 Å². The zero-order valence-corrected chi connectivity index (χ0v) is 15.3. The van der Waals surface area contributed by atoms with E-state index in [1.165, 1.54) is 24.3 Å². The summed E-state index contributed by atoms with van der Waals surface area (Å²) in [6, 6.07) is 9.14. The zero-order chi connectivity index (χ0) is 21.1. The van der Waals surface area contributed by atoms with E-state index in [4.69, 9.17) is 5.73 Å². The summed E-state index contributed by atoms with van der Waals surface area (Å²) in [5.41, 5.74) is 4.24. The number of rotatable bonds is 6. The van der Waals surface area contributed by atoms with E-state index in [0.717, 1.165) is 24.5 Å². The lowest BCUT2D eigenvalue weighted by molar-refractivity contribution is -0.137. The molecule has 0 spiro atoms. The second-order valence-electron chi connectivity index (χ2n) is 5.81. The molecule has 0 saturated carbocycles. The van der Waals surface area contributed by atoms with Crippen molar-refractivity contribution in [3.05, 3.63) is 59.7 Å². The van der Waals surface area contributed by atoms with Gasteiger partial charge in [-0.25, -0.2) is 8.42 Å². The topological polar surface area (TPSA) is 110 Å². The van der Waals surface area contributed by atoms with Crippen molar-refractivity contribution in [2.75, 3.05) is 22.4 Å². The van der Waals surface area contributed by atoms with Crippen LogP contribution in [0.15, 0.2) is 48.5 Å². The van der Waals surface area contributed by atoms with Crippen LogP contribution in [-0.2, 0) is 21.0 Å². The van der Waals surface area contributed by atoms with Crippen LogP contribution in [0, 0.1) is 0 Å². The number of alkyl halides is 3. The van der Waals surface area contributed by atoms with Crippen LogP contribution in [0.2, 0.25) is 0 Å². The largest absolute Gasteiger partial charge is 0.416 e. The lowest BCUT2D eigenvalue weighted by atomic mass is 10.2. The Hall–Kier alpha value is -3.08. The minimum absolute atomic E-state index is 0.208. The van der Waals surface area contributed by atoms with Crippen LogP contribution in [0.3, 0.4) is 0 Å². The molecule has 0 aromatic heterocycles. The number of benzene rings is 2. The van der Waals surface area contributed by atoms with Gasteiger partial charge in [0.1, 0.15) is 6.54 Å². The number of hydrogen-bond acceptors (Lipinski definition) is 4. The fourth-order valence-corrected chi connectivity index (χ4v) is 3.13. The van der Waals surface area contributed by atoms with Gasteiger partial charge in [-0.15, -0.1) is 0 Å². The fourth-order valence-electron chi connectivity index (χ4n) is 2.29. The predicted molar refractivity (Wildman–Crippen MR) is 97.2 cm³/mol. The summed E-state index contributed by atoms with van der Waals surface area (Å²) >= 11 is 0. The normalized spacial score (nSPS) is 11.7. The van der Waals surface area contributed by atoms with Gasteiger partial charge < -0.3 is 11.1 Å².